The van der Waals surface area contributed by atoms with Gasteiger partial charge in [0.1, 0.15) is 23.6 Å². The van der Waals surface area contributed by atoms with Crippen LogP contribution in [0.15, 0.2) is 52.8 Å². The highest BCUT2D eigenvalue weighted by Crippen LogP contribution is 2.27. The smallest absolute Gasteiger partial charge is 0.433 e. The van der Waals surface area contributed by atoms with Gasteiger partial charge in [-0.15, -0.1) is 0 Å². The number of anilines is 1. The maximum atomic E-state index is 12.8. The summed E-state index contributed by atoms with van der Waals surface area (Å²) >= 11 is 0. The predicted molar refractivity (Wildman–Crippen MR) is 101 cm³/mol. The zero-order chi connectivity index (χ0) is 22.4. The molecule has 0 spiro atoms. The molecule has 31 heavy (non-hydrogen) atoms. The third-order valence-corrected chi connectivity index (χ3v) is 3.96. The van der Waals surface area contributed by atoms with Gasteiger partial charge in [0.2, 0.25) is 0 Å². The maximum Gasteiger partial charge on any atom is 0.433 e. The maximum absolute atomic E-state index is 12.8. The van der Waals surface area contributed by atoms with Gasteiger partial charge in [0, 0.05) is 30.9 Å². The van der Waals surface area contributed by atoms with Crippen molar-refractivity contribution < 1.29 is 36.6 Å². The molecule has 3 aromatic rings. The highest BCUT2D eigenvalue weighted by molar-refractivity contribution is 5.76. The third kappa shape index (κ3) is 6.07. The van der Waals surface area contributed by atoms with Gasteiger partial charge in [-0.05, 0) is 23.8 Å². The summed E-state index contributed by atoms with van der Waals surface area (Å²) in [4.78, 5) is 18.1. The van der Waals surface area contributed by atoms with Crippen molar-refractivity contribution in [3.05, 3.63) is 59.7 Å². The van der Waals surface area contributed by atoms with Crippen LogP contribution in [-0.4, -0.2) is 34.3 Å². The molecule has 0 saturated heterocycles. The Bertz CT molecular complexity index is 1080. The molecule has 0 saturated carbocycles. The van der Waals surface area contributed by atoms with Crippen molar-refractivity contribution in [3.8, 4) is 5.75 Å². The van der Waals surface area contributed by atoms with E-state index in [-0.39, 0.29) is 37.6 Å². The molecule has 2 aromatic heterocycles. The van der Waals surface area contributed by atoms with Crippen molar-refractivity contribution in [2.75, 3.05) is 18.5 Å². The van der Waals surface area contributed by atoms with Gasteiger partial charge in [-0.25, -0.2) is 9.18 Å². The Balaban J connectivity index is 1.59. The van der Waals surface area contributed by atoms with Gasteiger partial charge in [0.05, 0.1) is 6.33 Å². The lowest BCUT2D eigenvalue weighted by molar-refractivity contribution is -0.141. The number of alkyl halides is 3. The minimum absolute atomic E-state index is 0.0903. The van der Waals surface area contributed by atoms with Gasteiger partial charge < -0.3 is 24.9 Å². The fourth-order valence-corrected chi connectivity index (χ4v) is 2.43. The Morgan fingerprint density at radius 3 is 2.71 bits per heavy atom. The number of hydrogen-bond donors (Lipinski definition) is 3. The number of aromatic nitrogens is 2. The predicted octanol–water partition coefficient (Wildman–Crippen LogP) is 4.35. The lowest BCUT2D eigenvalue weighted by atomic mass is 10.2. The average Bonchev–Trinajstić information content (AvgIpc) is 3.14. The number of nitrogens with one attached hydrogen (secondary N) is 2. The van der Waals surface area contributed by atoms with Gasteiger partial charge >= 0.3 is 12.3 Å². The van der Waals surface area contributed by atoms with Crippen LogP contribution in [0.5, 0.6) is 5.75 Å². The van der Waals surface area contributed by atoms with Crippen LogP contribution in [0.3, 0.4) is 0 Å². The Hall–Kier alpha value is -3.83. The summed E-state index contributed by atoms with van der Waals surface area (Å²) in [7, 11) is 0. The van der Waals surface area contributed by atoms with Gasteiger partial charge in [-0.1, -0.05) is 6.07 Å². The molecule has 1 amide bonds. The summed E-state index contributed by atoms with van der Waals surface area (Å²) in [5.74, 6) is 0.344. The van der Waals surface area contributed by atoms with E-state index in [9.17, 15) is 22.4 Å². The minimum atomic E-state index is -4.50. The summed E-state index contributed by atoms with van der Waals surface area (Å²) in [6.45, 7) is -0.256. The molecule has 2 heterocycles. The lowest BCUT2D eigenvalue weighted by Crippen LogP contribution is -2.25. The second-order valence-corrected chi connectivity index (χ2v) is 6.27. The largest absolute Gasteiger partial charge is 0.489 e. The van der Waals surface area contributed by atoms with E-state index in [0.717, 1.165) is 12.3 Å². The van der Waals surface area contributed by atoms with E-state index in [1.54, 1.807) is 12.1 Å². The molecule has 8 nitrogen and oxygen atoms in total. The normalized spacial score (nSPS) is 12.1. The second kappa shape index (κ2) is 9.32. The standard InChI is InChI=1S/C19H16F4N4O4/c20-6-12(9-26-18(28)29)10-30-13-2-3-14-15(5-13)31-17(27-14)25-8-11-1-4-16(24-7-11)19(21,22)23/h1-7,26H,8-10H2,(H,25,27)(H,28,29)/b12-6-. The quantitative estimate of drug-likeness (QED) is 0.447. The fourth-order valence-electron chi connectivity index (χ4n) is 2.43. The fraction of sp³-hybridized carbons (Fsp3) is 0.211. The van der Waals surface area contributed by atoms with Crippen LogP contribution in [0.25, 0.3) is 11.1 Å². The molecule has 12 heteroatoms. The molecular weight excluding hydrogens is 424 g/mol. The number of halogens is 4. The molecule has 0 atom stereocenters. The zero-order valence-electron chi connectivity index (χ0n) is 15.7. The highest BCUT2D eigenvalue weighted by atomic mass is 19.4. The Kier molecular flexibility index (Phi) is 6.58. The third-order valence-electron chi connectivity index (χ3n) is 3.96. The van der Waals surface area contributed by atoms with Gasteiger partial charge in [0.15, 0.2) is 5.58 Å². The number of fused-ring (bicyclic) bond motifs is 1. The van der Waals surface area contributed by atoms with Crippen molar-refractivity contribution >= 4 is 23.2 Å². The summed E-state index contributed by atoms with van der Waals surface area (Å²) in [6, 6.07) is 7.03. The number of carbonyl (C=O) groups is 1. The van der Waals surface area contributed by atoms with Crippen molar-refractivity contribution in [3.63, 3.8) is 0 Å². The SMILES string of the molecule is O=C(O)NC/C(=C/F)COc1ccc2nc(NCc3ccc(C(F)(F)F)nc3)oc2c1. The van der Waals surface area contributed by atoms with Crippen molar-refractivity contribution in [1.29, 1.82) is 0 Å². The van der Waals surface area contributed by atoms with Crippen LogP contribution < -0.4 is 15.4 Å². The average molecular weight is 440 g/mol. The van der Waals surface area contributed by atoms with Gasteiger partial charge in [-0.2, -0.15) is 18.2 Å². The van der Waals surface area contributed by atoms with Crippen LogP contribution >= 0.6 is 0 Å². The van der Waals surface area contributed by atoms with E-state index in [0.29, 0.717) is 22.4 Å². The van der Waals surface area contributed by atoms with Crippen LogP contribution in [-0.2, 0) is 12.7 Å². The van der Waals surface area contributed by atoms with Crippen molar-refractivity contribution in [1.82, 2.24) is 15.3 Å². The molecule has 0 radical (unpaired) electrons. The summed E-state index contributed by atoms with van der Waals surface area (Å²) in [6.07, 6.45) is -4.41. The molecule has 3 rings (SSSR count). The second-order valence-electron chi connectivity index (χ2n) is 6.27. The monoisotopic (exact) mass is 440 g/mol. The Morgan fingerprint density at radius 1 is 1.26 bits per heavy atom. The first kappa shape index (κ1) is 21.9. The molecule has 0 bridgehead atoms. The molecular formula is C19H16F4N4O4. The number of carboxylic acid groups (broad SMARTS) is 1. The molecule has 0 aliphatic heterocycles. The van der Waals surface area contributed by atoms with Crippen molar-refractivity contribution in [2.24, 2.45) is 0 Å². The summed E-state index contributed by atoms with van der Waals surface area (Å²) in [5.41, 5.74) is 0.469. The molecule has 3 N–H and O–H groups in total. The van der Waals surface area contributed by atoms with Crippen LogP contribution in [0.1, 0.15) is 11.3 Å². The van der Waals surface area contributed by atoms with Crippen LogP contribution in [0, 0.1) is 0 Å². The first-order valence-electron chi connectivity index (χ1n) is 8.79. The van der Waals surface area contributed by atoms with E-state index in [4.69, 9.17) is 14.3 Å². The number of ether oxygens (including phenoxy) is 1. The van der Waals surface area contributed by atoms with Crippen LogP contribution in [0.2, 0.25) is 0 Å². The van der Waals surface area contributed by atoms with Gasteiger partial charge in [0.25, 0.3) is 6.01 Å². The number of rotatable bonds is 8. The molecule has 0 unspecified atom stereocenters. The molecule has 0 aliphatic rings. The van der Waals surface area contributed by atoms with Crippen LogP contribution in [0.4, 0.5) is 28.4 Å². The number of oxazole rings is 1. The van der Waals surface area contributed by atoms with E-state index < -0.39 is 18.0 Å². The first-order valence-corrected chi connectivity index (χ1v) is 8.79. The number of amides is 1. The molecule has 1 aromatic carbocycles. The summed E-state index contributed by atoms with van der Waals surface area (Å²) in [5, 5.41) is 13.4. The lowest BCUT2D eigenvalue weighted by Gasteiger charge is -2.08. The number of hydrogen-bond acceptors (Lipinski definition) is 6. The molecule has 164 valence electrons. The zero-order valence-corrected chi connectivity index (χ0v) is 15.7. The number of nitrogens with zero attached hydrogens (tertiary/aromatic N) is 2. The van der Waals surface area contributed by atoms with E-state index >= 15 is 0 Å². The number of benzene rings is 1. The Labute approximate surface area is 172 Å². The minimum Gasteiger partial charge on any atom is -0.489 e. The first-order chi connectivity index (χ1) is 14.7. The van der Waals surface area contributed by atoms with E-state index in [2.05, 4.69) is 15.3 Å². The Morgan fingerprint density at radius 2 is 2.06 bits per heavy atom. The topological polar surface area (TPSA) is 110 Å². The highest BCUT2D eigenvalue weighted by Gasteiger charge is 2.31. The molecule has 0 fully saturated rings. The van der Waals surface area contributed by atoms with E-state index in [1.165, 1.54) is 12.1 Å². The summed E-state index contributed by atoms with van der Waals surface area (Å²) < 4.78 is 61.4. The van der Waals surface area contributed by atoms with Crippen molar-refractivity contribution in [2.45, 2.75) is 12.7 Å². The number of pyridine rings is 1. The molecule has 0 aliphatic carbocycles. The van der Waals surface area contributed by atoms with Gasteiger partial charge in [-0.3, -0.25) is 4.98 Å². The van der Waals surface area contributed by atoms with E-state index in [1.807, 2.05) is 5.32 Å².